The van der Waals surface area contributed by atoms with Crippen molar-refractivity contribution in [3.05, 3.63) is 0 Å². The van der Waals surface area contributed by atoms with Crippen LogP contribution in [0.1, 0.15) is 0 Å². The lowest BCUT2D eigenvalue weighted by Gasteiger charge is -2.23. The van der Waals surface area contributed by atoms with E-state index in [4.69, 9.17) is 25.0 Å². The molecule has 0 saturated carbocycles. The zero-order valence-electron chi connectivity index (χ0n) is 8.07. The summed E-state index contributed by atoms with van der Waals surface area (Å²) in [5, 5.41) is 35.3. The fraction of sp³-hybridized carbons (Fsp3) is 0.667. The second-order valence-corrected chi connectivity index (χ2v) is 3.94. The van der Waals surface area contributed by atoms with Gasteiger partial charge in [-0.25, -0.2) is 8.98 Å². The largest absolute Gasteiger partial charge is 0.479 e. The van der Waals surface area contributed by atoms with Gasteiger partial charge in [0.05, 0.1) is 0 Å². The molecule has 0 bridgehead atoms. The van der Waals surface area contributed by atoms with Crippen molar-refractivity contribution in [2.75, 3.05) is 0 Å². The minimum atomic E-state index is -5.09. The third kappa shape index (κ3) is 5.16. The number of hydrogen-bond acceptors (Lipinski definition) is 8. The van der Waals surface area contributed by atoms with Crippen LogP contribution in [0.25, 0.3) is 0 Å². The summed E-state index contributed by atoms with van der Waals surface area (Å²) in [4.78, 5) is 20.5. The Bertz CT molecular complexity index is 374. The smallest absolute Gasteiger partial charge is 0.398 e. The summed E-state index contributed by atoms with van der Waals surface area (Å²) < 4.78 is 32.3. The van der Waals surface area contributed by atoms with Gasteiger partial charge in [-0.05, 0) is 0 Å². The SMILES string of the molecule is O=C[C@H](OS(=O)(=O)O)[C@@H](O)[C@H](O)[C@@H](O)C(=O)O. The molecular formula is C6H10O10S. The van der Waals surface area contributed by atoms with Crippen LogP contribution in [-0.4, -0.2) is 70.1 Å². The predicted molar refractivity (Wildman–Crippen MR) is 48.1 cm³/mol. The first-order chi connectivity index (χ1) is 7.60. The third-order valence-electron chi connectivity index (χ3n) is 1.63. The highest BCUT2D eigenvalue weighted by atomic mass is 32.3. The number of hydrogen-bond donors (Lipinski definition) is 5. The van der Waals surface area contributed by atoms with Crippen molar-refractivity contribution in [1.82, 2.24) is 0 Å². The third-order valence-corrected chi connectivity index (χ3v) is 2.10. The molecule has 100 valence electrons. The lowest BCUT2D eigenvalue weighted by atomic mass is 10.0. The summed E-state index contributed by atoms with van der Waals surface area (Å²) in [7, 11) is -5.09. The van der Waals surface area contributed by atoms with Crippen molar-refractivity contribution in [2.45, 2.75) is 24.4 Å². The quantitative estimate of drug-likeness (QED) is 0.231. The molecule has 10 nitrogen and oxygen atoms in total. The number of rotatable bonds is 7. The molecule has 0 fully saturated rings. The molecule has 17 heavy (non-hydrogen) atoms. The van der Waals surface area contributed by atoms with Gasteiger partial charge in [-0.15, -0.1) is 0 Å². The Morgan fingerprint density at radius 3 is 1.94 bits per heavy atom. The Kier molecular flexibility index (Phi) is 5.60. The Balaban J connectivity index is 4.81. The normalized spacial score (nSPS) is 19.1. The maximum Gasteiger partial charge on any atom is 0.398 e. The van der Waals surface area contributed by atoms with Crippen LogP contribution >= 0.6 is 0 Å². The second-order valence-electron chi connectivity index (χ2n) is 2.89. The monoisotopic (exact) mass is 274 g/mol. The Labute approximate surface area is 95.0 Å². The standard InChI is InChI=1S/C6H10O10S/c7-1-2(16-17(13,14)15)3(8)4(9)5(10)6(11)12/h1-5,8-10H,(H,11,12)(H,13,14,15)/t2-,3+,4-,5+/m0/s1. The zero-order chi connectivity index (χ0) is 13.8. The first-order valence-corrected chi connectivity index (χ1v) is 5.34. The lowest BCUT2D eigenvalue weighted by Crippen LogP contribution is -2.49. The van der Waals surface area contributed by atoms with Crippen molar-refractivity contribution in [3.8, 4) is 0 Å². The lowest BCUT2D eigenvalue weighted by molar-refractivity contribution is -0.162. The van der Waals surface area contributed by atoms with Gasteiger partial charge in [0.1, 0.15) is 12.2 Å². The first-order valence-electron chi connectivity index (χ1n) is 3.98. The molecule has 4 atom stereocenters. The van der Waals surface area contributed by atoms with E-state index in [0.717, 1.165) is 0 Å². The number of aliphatic carboxylic acids is 1. The van der Waals surface area contributed by atoms with Crippen LogP contribution in [0.3, 0.4) is 0 Å². The Hall–Kier alpha value is -1.11. The van der Waals surface area contributed by atoms with E-state index in [0.29, 0.717) is 0 Å². The molecule has 0 heterocycles. The van der Waals surface area contributed by atoms with E-state index in [1.54, 1.807) is 0 Å². The van der Waals surface area contributed by atoms with Gasteiger partial charge in [0.25, 0.3) is 0 Å². The number of aliphatic hydroxyl groups excluding tert-OH is 3. The zero-order valence-corrected chi connectivity index (χ0v) is 8.89. The van der Waals surface area contributed by atoms with Crippen LogP contribution in [0.15, 0.2) is 0 Å². The van der Waals surface area contributed by atoms with Gasteiger partial charge >= 0.3 is 16.4 Å². The first kappa shape index (κ1) is 15.9. The van der Waals surface area contributed by atoms with Crippen LogP contribution in [0.5, 0.6) is 0 Å². The van der Waals surface area contributed by atoms with Gasteiger partial charge in [0, 0.05) is 0 Å². The van der Waals surface area contributed by atoms with Crippen molar-refractivity contribution in [1.29, 1.82) is 0 Å². The Morgan fingerprint density at radius 2 is 1.65 bits per heavy atom. The molecular weight excluding hydrogens is 264 g/mol. The van der Waals surface area contributed by atoms with Gasteiger partial charge in [-0.2, -0.15) is 8.42 Å². The van der Waals surface area contributed by atoms with E-state index in [1.807, 2.05) is 0 Å². The van der Waals surface area contributed by atoms with Crippen LogP contribution in [0.4, 0.5) is 0 Å². The predicted octanol–water partition coefficient (Wildman–Crippen LogP) is -3.46. The van der Waals surface area contributed by atoms with Gasteiger partial charge in [-0.3, -0.25) is 4.55 Å². The van der Waals surface area contributed by atoms with Gasteiger partial charge < -0.3 is 25.2 Å². The number of carbonyl (C=O) groups excluding carboxylic acids is 1. The van der Waals surface area contributed by atoms with Crippen LogP contribution in [0.2, 0.25) is 0 Å². The van der Waals surface area contributed by atoms with Gasteiger partial charge in [0.2, 0.25) is 0 Å². The van der Waals surface area contributed by atoms with Crippen LogP contribution in [0, 0.1) is 0 Å². The summed E-state index contributed by atoms with van der Waals surface area (Å²) in [5.74, 6) is -1.91. The van der Waals surface area contributed by atoms with Crippen molar-refractivity contribution in [3.63, 3.8) is 0 Å². The van der Waals surface area contributed by atoms with Crippen molar-refractivity contribution in [2.24, 2.45) is 0 Å². The highest BCUT2D eigenvalue weighted by Gasteiger charge is 2.37. The molecule has 0 unspecified atom stereocenters. The molecule has 0 rings (SSSR count). The summed E-state index contributed by atoms with van der Waals surface area (Å²) in [6.07, 6.45) is -9.76. The molecule has 0 saturated heterocycles. The topological polar surface area (TPSA) is 179 Å². The van der Waals surface area contributed by atoms with E-state index in [-0.39, 0.29) is 6.29 Å². The van der Waals surface area contributed by atoms with E-state index in [1.165, 1.54) is 0 Å². The molecule has 0 aliphatic rings. The number of carbonyl (C=O) groups is 2. The van der Waals surface area contributed by atoms with Gasteiger partial charge in [0.15, 0.2) is 18.5 Å². The maximum atomic E-state index is 10.3. The molecule has 11 heteroatoms. The summed E-state index contributed by atoms with van der Waals surface area (Å²) >= 11 is 0. The van der Waals surface area contributed by atoms with E-state index in [2.05, 4.69) is 4.18 Å². The average Bonchev–Trinajstić information content (AvgIpc) is 2.21. The maximum absolute atomic E-state index is 10.3. The molecule has 0 amide bonds. The molecule has 0 aromatic heterocycles. The fourth-order valence-corrected chi connectivity index (χ4v) is 1.27. The molecule has 0 aliphatic heterocycles. The van der Waals surface area contributed by atoms with Gasteiger partial charge in [-0.1, -0.05) is 0 Å². The minimum Gasteiger partial charge on any atom is -0.479 e. The van der Waals surface area contributed by atoms with E-state index >= 15 is 0 Å². The average molecular weight is 274 g/mol. The van der Waals surface area contributed by atoms with Crippen molar-refractivity contribution < 1.29 is 47.2 Å². The summed E-state index contributed by atoms with van der Waals surface area (Å²) in [5.41, 5.74) is 0. The summed E-state index contributed by atoms with van der Waals surface area (Å²) in [6, 6.07) is 0. The number of aldehydes is 1. The number of carboxylic acid groups (broad SMARTS) is 1. The Morgan fingerprint density at radius 1 is 1.18 bits per heavy atom. The highest BCUT2D eigenvalue weighted by molar-refractivity contribution is 7.80. The minimum absolute atomic E-state index is 0.295. The molecule has 0 aromatic rings. The van der Waals surface area contributed by atoms with Crippen molar-refractivity contribution >= 4 is 22.7 Å². The van der Waals surface area contributed by atoms with Crippen LogP contribution < -0.4 is 0 Å². The number of aliphatic hydroxyl groups is 3. The molecule has 0 radical (unpaired) electrons. The summed E-state index contributed by atoms with van der Waals surface area (Å²) in [6.45, 7) is 0. The molecule has 0 aliphatic carbocycles. The molecule has 5 N–H and O–H groups in total. The van der Waals surface area contributed by atoms with E-state index < -0.39 is 40.8 Å². The fourth-order valence-electron chi connectivity index (χ4n) is 0.828. The number of carboxylic acids is 1. The van der Waals surface area contributed by atoms with Crippen LogP contribution in [-0.2, 0) is 24.2 Å². The second kappa shape index (κ2) is 6.00. The molecule has 0 spiro atoms. The highest BCUT2D eigenvalue weighted by Crippen LogP contribution is 2.09. The molecule has 0 aromatic carbocycles. The van der Waals surface area contributed by atoms with E-state index in [9.17, 15) is 18.0 Å².